The van der Waals surface area contributed by atoms with Gasteiger partial charge in [0.15, 0.2) is 0 Å². The average Bonchev–Trinajstić information content (AvgIpc) is 2.29. The van der Waals surface area contributed by atoms with Crippen LogP contribution in [-0.2, 0) is 6.54 Å². The van der Waals surface area contributed by atoms with Crippen molar-refractivity contribution in [2.45, 2.75) is 32.2 Å². The van der Waals surface area contributed by atoms with Crippen LogP contribution in [-0.4, -0.2) is 6.54 Å². The van der Waals surface area contributed by atoms with Gasteiger partial charge < -0.3 is 5.32 Å². The molecular formula is C14H16F2N2. The second kappa shape index (κ2) is 5.92. The number of halogens is 2. The monoisotopic (exact) mass is 250 g/mol. The Morgan fingerprint density at radius 3 is 2.44 bits per heavy atom. The Labute approximate surface area is 106 Å². The minimum absolute atomic E-state index is 0.0163. The Bertz CT molecular complexity index is 438. The van der Waals surface area contributed by atoms with E-state index in [0.717, 1.165) is 31.0 Å². The minimum Gasteiger partial charge on any atom is -0.312 e. The van der Waals surface area contributed by atoms with Gasteiger partial charge in [-0.25, -0.2) is 8.78 Å². The van der Waals surface area contributed by atoms with E-state index in [1.807, 2.05) is 0 Å². The third kappa shape index (κ3) is 3.05. The van der Waals surface area contributed by atoms with Crippen LogP contribution >= 0.6 is 0 Å². The molecule has 96 valence electrons. The lowest BCUT2D eigenvalue weighted by Gasteiger charge is -2.25. The molecule has 0 atom stereocenters. The highest BCUT2D eigenvalue weighted by Gasteiger charge is 2.16. The van der Waals surface area contributed by atoms with E-state index in [9.17, 15) is 8.78 Å². The van der Waals surface area contributed by atoms with E-state index in [1.54, 1.807) is 6.07 Å². The third-order valence-corrected chi connectivity index (χ3v) is 3.53. The predicted molar refractivity (Wildman–Crippen MR) is 64.7 cm³/mol. The molecule has 1 N–H and O–H groups in total. The molecule has 1 aliphatic carbocycles. The van der Waals surface area contributed by atoms with Gasteiger partial charge in [0.2, 0.25) is 0 Å². The van der Waals surface area contributed by atoms with Crippen LogP contribution in [0.25, 0.3) is 0 Å². The van der Waals surface area contributed by atoms with E-state index in [0.29, 0.717) is 0 Å². The smallest absolute Gasteiger partial charge is 0.131 e. The maximum atomic E-state index is 13.5. The first-order valence-electron chi connectivity index (χ1n) is 6.29. The van der Waals surface area contributed by atoms with Crippen LogP contribution in [0, 0.1) is 28.9 Å². The second-order valence-corrected chi connectivity index (χ2v) is 4.79. The normalized spacial score (nSPS) is 15.2. The van der Waals surface area contributed by atoms with Crippen molar-refractivity contribution in [3.05, 3.63) is 34.9 Å². The topological polar surface area (TPSA) is 35.8 Å². The molecule has 0 radical (unpaired) electrons. The van der Waals surface area contributed by atoms with E-state index in [2.05, 4.69) is 5.32 Å². The van der Waals surface area contributed by atoms with E-state index >= 15 is 0 Å². The van der Waals surface area contributed by atoms with Crippen molar-refractivity contribution < 1.29 is 8.78 Å². The predicted octanol–water partition coefficient (Wildman–Crippen LogP) is 3.12. The quantitative estimate of drug-likeness (QED) is 0.815. The molecule has 0 saturated heterocycles. The molecule has 0 aliphatic heterocycles. The second-order valence-electron chi connectivity index (χ2n) is 4.79. The Hall–Kier alpha value is -1.47. The van der Waals surface area contributed by atoms with Gasteiger partial charge in [-0.3, -0.25) is 0 Å². The molecule has 2 rings (SSSR count). The molecule has 0 bridgehead atoms. The summed E-state index contributed by atoms with van der Waals surface area (Å²) in [4.78, 5) is 0. The molecule has 0 spiro atoms. The molecule has 0 amide bonds. The van der Waals surface area contributed by atoms with Crippen LogP contribution in [0.3, 0.4) is 0 Å². The van der Waals surface area contributed by atoms with Crippen LogP contribution in [0.2, 0.25) is 0 Å². The number of hydrogen-bond acceptors (Lipinski definition) is 2. The van der Waals surface area contributed by atoms with Crippen LogP contribution in [0.1, 0.15) is 36.8 Å². The molecule has 1 saturated carbocycles. The Morgan fingerprint density at radius 2 is 1.94 bits per heavy atom. The largest absolute Gasteiger partial charge is 0.312 e. The van der Waals surface area contributed by atoms with Crippen molar-refractivity contribution in [3.8, 4) is 6.07 Å². The molecule has 18 heavy (non-hydrogen) atoms. The van der Waals surface area contributed by atoms with E-state index in [-0.39, 0.29) is 17.7 Å². The fraction of sp³-hybridized carbons (Fsp3) is 0.500. The Morgan fingerprint density at radius 1 is 1.28 bits per heavy atom. The van der Waals surface area contributed by atoms with E-state index < -0.39 is 11.6 Å². The van der Waals surface area contributed by atoms with E-state index in [1.165, 1.54) is 19.3 Å². The standard InChI is InChI=1S/C14H16F2N2/c15-13-6-11(8-17)7-14(16)12(13)9-18-5-4-10-2-1-3-10/h6-7,10,18H,1-5,9H2. The lowest BCUT2D eigenvalue weighted by atomic mass is 9.83. The van der Waals surface area contributed by atoms with Crippen molar-refractivity contribution in [1.29, 1.82) is 5.26 Å². The van der Waals surface area contributed by atoms with Crippen molar-refractivity contribution in [1.82, 2.24) is 5.32 Å². The molecule has 0 heterocycles. The number of hydrogen-bond donors (Lipinski definition) is 1. The van der Waals surface area contributed by atoms with E-state index in [4.69, 9.17) is 5.26 Å². The van der Waals surface area contributed by atoms with Gasteiger partial charge in [0.05, 0.1) is 11.6 Å². The molecule has 1 aromatic rings. The number of benzene rings is 1. The summed E-state index contributed by atoms with van der Waals surface area (Å²) in [5, 5.41) is 11.6. The first kappa shape index (κ1) is 13.0. The highest BCUT2D eigenvalue weighted by molar-refractivity contribution is 5.34. The van der Waals surface area contributed by atoms with Gasteiger partial charge in [-0.2, -0.15) is 5.26 Å². The summed E-state index contributed by atoms with van der Waals surface area (Å²) in [6, 6.07) is 3.88. The zero-order valence-electron chi connectivity index (χ0n) is 10.2. The van der Waals surface area contributed by atoms with Crippen LogP contribution in [0.4, 0.5) is 8.78 Å². The first-order valence-corrected chi connectivity index (χ1v) is 6.29. The molecule has 1 aliphatic rings. The summed E-state index contributed by atoms with van der Waals surface area (Å²) in [5.41, 5.74) is 0.0332. The van der Waals surface area contributed by atoms with Gasteiger partial charge >= 0.3 is 0 Å². The summed E-state index contributed by atoms with van der Waals surface area (Å²) in [6.07, 6.45) is 4.94. The molecule has 2 nitrogen and oxygen atoms in total. The molecular weight excluding hydrogens is 234 g/mol. The van der Waals surface area contributed by atoms with Gasteiger partial charge in [-0.05, 0) is 31.0 Å². The highest BCUT2D eigenvalue weighted by atomic mass is 19.1. The number of nitriles is 1. The number of nitrogens with one attached hydrogen (secondary N) is 1. The summed E-state index contributed by atoms with van der Waals surface area (Å²) < 4.78 is 27.1. The van der Waals surface area contributed by atoms with Gasteiger partial charge in [-0.15, -0.1) is 0 Å². The molecule has 0 aromatic heterocycles. The molecule has 4 heteroatoms. The van der Waals surface area contributed by atoms with Gasteiger partial charge in [-0.1, -0.05) is 19.3 Å². The number of rotatable bonds is 5. The van der Waals surface area contributed by atoms with Crippen molar-refractivity contribution in [2.75, 3.05) is 6.54 Å². The molecule has 1 aromatic carbocycles. The van der Waals surface area contributed by atoms with Gasteiger partial charge in [0.1, 0.15) is 11.6 Å². The summed E-state index contributed by atoms with van der Waals surface area (Å²) in [7, 11) is 0. The zero-order valence-corrected chi connectivity index (χ0v) is 10.2. The van der Waals surface area contributed by atoms with Crippen molar-refractivity contribution in [3.63, 3.8) is 0 Å². The lowest BCUT2D eigenvalue weighted by molar-refractivity contribution is 0.291. The van der Waals surface area contributed by atoms with Crippen LogP contribution < -0.4 is 5.32 Å². The Kier molecular flexibility index (Phi) is 4.27. The summed E-state index contributed by atoms with van der Waals surface area (Å²) in [6.45, 7) is 0.958. The zero-order chi connectivity index (χ0) is 13.0. The maximum absolute atomic E-state index is 13.5. The Balaban J connectivity index is 1.86. The first-order chi connectivity index (χ1) is 8.70. The summed E-state index contributed by atoms with van der Waals surface area (Å²) >= 11 is 0. The third-order valence-electron chi connectivity index (χ3n) is 3.53. The fourth-order valence-corrected chi connectivity index (χ4v) is 2.14. The molecule has 0 unspecified atom stereocenters. The number of nitrogens with zero attached hydrogens (tertiary/aromatic N) is 1. The van der Waals surface area contributed by atoms with Crippen LogP contribution in [0.5, 0.6) is 0 Å². The average molecular weight is 250 g/mol. The summed E-state index contributed by atoms with van der Waals surface area (Å²) in [5.74, 6) is -0.515. The lowest BCUT2D eigenvalue weighted by Crippen LogP contribution is -2.22. The SMILES string of the molecule is N#Cc1cc(F)c(CNCCC2CCC2)c(F)c1. The van der Waals surface area contributed by atoms with Crippen molar-refractivity contribution >= 4 is 0 Å². The van der Waals surface area contributed by atoms with Gasteiger partial charge in [0.25, 0.3) is 0 Å². The van der Waals surface area contributed by atoms with Gasteiger partial charge in [0, 0.05) is 12.1 Å². The maximum Gasteiger partial charge on any atom is 0.131 e. The van der Waals surface area contributed by atoms with Crippen LogP contribution in [0.15, 0.2) is 12.1 Å². The molecule has 1 fully saturated rings. The van der Waals surface area contributed by atoms with Crippen molar-refractivity contribution in [2.24, 2.45) is 5.92 Å². The minimum atomic E-state index is -0.650. The fourth-order valence-electron chi connectivity index (χ4n) is 2.14. The highest BCUT2D eigenvalue weighted by Crippen LogP contribution is 2.28.